The van der Waals surface area contributed by atoms with Crippen LogP contribution in [0.5, 0.6) is 11.5 Å². The highest BCUT2D eigenvalue weighted by Gasteiger charge is 2.14. The summed E-state index contributed by atoms with van der Waals surface area (Å²) in [7, 11) is 3.22. The normalized spacial score (nSPS) is 10.5. The van der Waals surface area contributed by atoms with Gasteiger partial charge in [-0.2, -0.15) is 0 Å². The lowest BCUT2D eigenvalue weighted by molar-refractivity contribution is 0.352. The molecule has 0 N–H and O–H groups in total. The van der Waals surface area contributed by atoms with Crippen molar-refractivity contribution in [2.45, 2.75) is 6.92 Å². The lowest BCUT2D eigenvalue weighted by Crippen LogP contribution is -2.02. The average Bonchev–Trinajstić information content (AvgIpc) is 3.04. The fraction of sp³-hybridized carbons (Fsp3) is 0.200. The molecule has 0 aliphatic carbocycles. The minimum Gasteiger partial charge on any atom is -0.493 e. The van der Waals surface area contributed by atoms with Crippen molar-refractivity contribution in [1.82, 2.24) is 25.0 Å². The van der Waals surface area contributed by atoms with Crippen molar-refractivity contribution in [3.05, 3.63) is 42.6 Å². The van der Waals surface area contributed by atoms with Crippen LogP contribution >= 0.6 is 0 Å². The fourth-order valence-electron chi connectivity index (χ4n) is 2.31. The minimum absolute atomic E-state index is 0.642. The molecule has 22 heavy (non-hydrogen) atoms. The number of hydrogen-bond acceptors (Lipinski definition) is 6. The van der Waals surface area contributed by atoms with Crippen molar-refractivity contribution in [3.8, 4) is 28.4 Å². The summed E-state index contributed by atoms with van der Waals surface area (Å²) in [6.07, 6.45) is 6.59. The van der Waals surface area contributed by atoms with Gasteiger partial charge in [0.25, 0.3) is 0 Å². The van der Waals surface area contributed by atoms with Gasteiger partial charge in [0.2, 0.25) is 0 Å². The first-order valence-electron chi connectivity index (χ1n) is 6.63. The fourth-order valence-corrected chi connectivity index (χ4v) is 2.31. The van der Waals surface area contributed by atoms with Gasteiger partial charge in [-0.3, -0.25) is 0 Å². The van der Waals surface area contributed by atoms with Gasteiger partial charge in [-0.15, -0.1) is 5.10 Å². The highest BCUT2D eigenvalue weighted by molar-refractivity contribution is 5.61. The Morgan fingerprint density at radius 3 is 2.45 bits per heavy atom. The maximum atomic E-state index is 5.39. The van der Waals surface area contributed by atoms with Gasteiger partial charge in [0.05, 0.1) is 31.8 Å². The summed E-state index contributed by atoms with van der Waals surface area (Å²) < 4.78 is 12.5. The Morgan fingerprint density at radius 1 is 1.00 bits per heavy atom. The van der Waals surface area contributed by atoms with Crippen LogP contribution in [0.3, 0.4) is 0 Å². The van der Waals surface area contributed by atoms with Gasteiger partial charge < -0.3 is 9.47 Å². The molecule has 2 heterocycles. The molecular weight excluding hydrogens is 282 g/mol. The van der Waals surface area contributed by atoms with Crippen LogP contribution in [0.4, 0.5) is 0 Å². The van der Waals surface area contributed by atoms with Crippen molar-refractivity contribution in [2.75, 3.05) is 14.2 Å². The smallest absolute Gasteiger partial charge is 0.163 e. The number of aryl methyl sites for hydroxylation is 1. The van der Waals surface area contributed by atoms with Gasteiger partial charge in [0.1, 0.15) is 6.33 Å². The van der Waals surface area contributed by atoms with Crippen molar-refractivity contribution in [1.29, 1.82) is 0 Å². The summed E-state index contributed by atoms with van der Waals surface area (Å²) in [5.41, 5.74) is 3.40. The summed E-state index contributed by atoms with van der Waals surface area (Å²) >= 11 is 0. The topological polar surface area (TPSA) is 75.0 Å². The molecule has 0 radical (unpaired) electrons. The summed E-state index contributed by atoms with van der Waals surface area (Å²) in [5, 5.41) is 8.14. The molecule has 0 spiro atoms. The highest BCUT2D eigenvalue weighted by Crippen LogP contribution is 2.34. The monoisotopic (exact) mass is 297 g/mol. The molecule has 3 aromatic rings. The molecule has 0 aliphatic rings. The molecule has 0 saturated carbocycles. The molecule has 2 aromatic heterocycles. The van der Waals surface area contributed by atoms with Gasteiger partial charge in [-0.25, -0.2) is 14.6 Å². The standard InChI is InChI=1S/C15H15N5O2/c1-10-4-12(5-14(21-2)15(10)22-3)20-13(8-18-19-20)11-6-16-9-17-7-11/h4-9H,1-3H3. The average molecular weight is 297 g/mol. The molecule has 0 unspecified atom stereocenters. The third-order valence-electron chi connectivity index (χ3n) is 3.30. The Kier molecular flexibility index (Phi) is 3.69. The Balaban J connectivity index is 2.14. The van der Waals surface area contributed by atoms with Crippen LogP contribution in [0, 0.1) is 6.92 Å². The zero-order valence-corrected chi connectivity index (χ0v) is 12.5. The predicted molar refractivity (Wildman–Crippen MR) is 80.2 cm³/mol. The van der Waals surface area contributed by atoms with Gasteiger partial charge >= 0.3 is 0 Å². The van der Waals surface area contributed by atoms with Crippen LogP contribution in [0.25, 0.3) is 16.9 Å². The van der Waals surface area contributed by atoms with Crippen molar-refractivity contribution in [2.24, 2.45) is 0 Å². The van der Waals surface area contributed by atoms with E-state index in [1.807, 2.05) is 19.1 Å². The number of aromatic nitrogens is 5. The van der Waals surface area contributed by atoms with Crippen LogP contribution in [0.1, 0.15) is 5.56 Å². The Bertz CT molecular complexity index is 786. The quantitative estimate of drug-likeness (QED) is 0.733. The van der Waals surface area contributed by atoms with Crippen molar-refractivity contribution in [3.63, 3.8) is 0 Å². The third kappa shape index (κ3) is 2.37. The van der Waals surface area contributed by atoms with E-state index >= 15 is 0 Å². The number of ether oxygens (including phenoxy) is 2. The maximum absolute atomic E-state index is 5.39. The van der Waals surface area contributed by atoms with Crippen LogP contribution in [0.15, 0.2) is 37.1 Å². The van der Waals surface area contributed by atoms with Gasteiger partial charge in [-0.1, -0.05) is 5.21 Å². The van der Waals surface area contributed by atoms with E-state index in [1.54, 1.807) is 37.5 Å². The second-order valence-electron chi connectivity index (χ2n) is 4.66. The molecule has 3 rings (SSSR count). The molecule has 0 atom stereocenters. The molecule has 0 fully saturated rings. The first kappa shape index (κ1) is 14.0. The largest absolute Gasteiger partial charge is 0.493 e. The van der Waals surface area contributed by atoms with E-state index in [9.17, 15) is 0 Å². The molecule has 0 saturated heterocycles. The number of benzene rings is 1. The Labute approximate surface area is 127 Å². The second kappa shape index (κ2) is 5.80. The summed E-state index contributed by atoms with van der Waals surface area (Å²) in [6, 6.07) is 3.82. The SMILES string of the molecule is COc1cc(-n2nncc2-c2cncnc2)cc(C)c1OC. The summed E-state index contributed by atoms with van der Waals surface area (Å²) in [6.45, 7) is 1.95. The van der Waals surface area contributed by atoms with Gasteiger partial charge in [-0.05, 0) is 18.6 Å². The number of nitrogens with zero attached hydrogens (tertiary/aromatic N) is 5. The van der Waals surface area contributed by atoms with Gasteiger partial charge in [0.15, 0.2) is 11.5 Å². The van der Waals surface area contributed by atoms with Crippen LogP contribution < -0.4 is 9.47 Å². The van der Waals surface area contributed by atoms with Crippen LogP contribution in [0.2, 0.25) is 0 Å². The lowest BCUT2D eigenvalue weighted by atomic mass is 10.1. The molecule has 0 bridgehead atoms. The third-order valence-corrected chi connectivity index (χ3v) is 3.30. The van der Waals surface area contributed by atoms with E-state index in [4.69, 9.17) is 9.47 Å². The van der Waals surface area contributed by atoms with E-state index < -0.39 is 0 Å². The van der Waals surface area contributed by atoms with Gasteiger partial charge in [0, 0.05) is 24.0 Å². The van der Waals surface area contributed by atoms with E-state index in [1.165, 1.54) is 6.33 Å². The number of methoxy groups -OCH3 is 2. The van der Waals surface area contributed by atoms with E-state index in [0.717, 1.165) is 22.5 Å². The number of rotatable bonds is 4. The summed E-state index contributed by atoms with van der Waals surface area (Å²) in [5.74, 6) is 1.35. The Hall–Kier alpha value is -2.96. The molecule has 7 heteroatoms. The van der Waals surface area contributed by atoms with Crippen LogP contribution in [-0.4, -0.2) is 39.2 Å². The molecule has 112 valence electrons. The van der Waals surface area contributed by atoms with Crippen molar-refractivity contribution >= 4 is 0 Å². The molecule has 1 aromatic carbocycles. The highest BCUT2D eigenvalue weighted by atomic mass is 16.5. The number of hydrogen-bond donors (Lipinski definition) is 0. The molecular formula is C15H15N5O2. The Morgan fingerprint density at radius 2 is 1.77 bits per heavy atom. The predicted octanol–water partition coefficient (Wildman–Crippen LogP) is 2.05. The summed E-state index contributed by atoms with van der Waals surface area (Å²) in [4.78, 5) is 8.06. The minimum atomic E-state index is 0.642. The second-order valence-corrected chi connectivity index (χ2v) is 4.66. The molecule has 0 aliphatic heterocycles. The molecule has 7 nitrogen and oxygen atoms in total. The lowest BCUT2D eigenvalue weighted by Gasteiger charge is -2.13. The van der Waals surface area contributed by atoms with E-state index in [-0.39, 0.29) is 0 Å². The first-order chi connectivity index (χ1) is 10.7. The van der Waals surface area contributed by atoms with Crippen LogP contribution in [-0.2, 0) is 0 Å². The molecule has 0 amide bonds. The van der Waals surface area contributed by atoms with E-state index in [2.05, 4.69) is 20.3 Å². The first-order valence-corrected chi connectivity index (χ1v) is 6.63. The zero-order chi connectivity index (χ0) is 15.5. The van der Waals surface area contributed by atoms with E-state index in [0.29, 0.717) is 11.5 Å². The maximum Gasteiger partial charge on any atom is 0.163 e. The zero-order valence-electron chi connectivity index (χ0n) is 12.5. The van der Waals surface area contributed by atoms with Crippen molar-refractivity contribution < 1.29 is 9.47 Å².